The van der Waals surface area contributed by atoms with Gasteiger partial charge in [-0.2, -0.15) is 0 Å². The summed E-state index contributed by atoms with van der Waals surface area (Å²) in [7, 11) is 0. The smallest absolute Gasteiger partial charge is 0.306 e. The molecular weight excluding hydrogens is 685 g/mol. The summed E-state index contributed by atoms with van der Waals surface area (Å²) in [5, 5.41) is 0. The molecule has 55 heavy (non-hydrogen) atoms. The van der Waals surface area contributed by atoms with E-state index in [2.05, 4.69) is 81.5 Å². The van der Waals surface area contributed by atoms with E-state index in [0.29, 0.717) is 19.3 Å². The fourth-order valence-corrected chi connectivity index (χ4v) is 6.12. The lowest BCUT2D eigenvalue weighted by Gasteiger charge is -2.18. The molecule has 6 nitrogen and oxygen atoms in total. The Hall–Kier alpha value is -2.89. The van der Waals surface area contributed by atoms with Crippen molar-refractivity contribution in [3.63, 3.8) is 0 Å². The van der Waals surface area contributed by atoms with Crippen LogP contribution in [0.25, 0.3) is 0 Å². The Kier molecular flexibility index (Phi) is 41.5. The van der Waals surface area contributed by atoms with Gasteiger partial charge in [0.15, 0.2) is 6.10 Å². The quantitative estimate of drug-likeness (QED) is 0.0267. The van der Waals surface area contributed by atoms with Crippen molar-refractivity contribution >= 4 is 17.9 Å². The van der Waals surface area contributed by atoms with Crippen LogP contribution < -0.4 is 0 Å². The first-order valence-corrected chi connectivity index (χ1v) is 22.8. The predicted octanol–water partition coefficient (Wildman–Crippen LogP) is 14.5. The Balaban J connectivity index is 4.43. The van der Waals surface area contributed by atoms with E-state index in [0.717, 1.165) is 77.0 Å². The zero-order chi connectivity index (χ0) is 40.1. The van der Waals surface area contributed by atoms with Crippen LogP contribution in [0, 0.1) is 0 Å². The fourth-order valence-electron chi connectivity index (χ4n) is 6.12. The standard InChI is InChI=1S/C49H84O6/c1-4-7-10-13-16-19-22-23-24-25-26-27-28-31-33-36-39-42-48(51)54-45-46(55-49(52)43-40-37-34-30-21-18-15-12-9-6-3)44-53-47(50)41-38-35-32-29-20-17-14-11-8-5-2/h7,10,16,19,23-24,26-27,31,33,46H,4-6,8-9,11-15,17-18,20-22,25,28-30,32,34-45H2,1-3H3/b10-7-,19-16-,24-23-,27-26-,33-31-/t46-/m1/s1. The second kappa shape index (κ2) is 43.8. The molecule has 0 saturated carbocycles. The van der Waals surface area contributed by atoms with Gasteiger partial charge in [-0.25, -0.2) is 0 Å². The Labute approximate surface area is 339 Å². The predicted molar refractivity (Wildman–Crippen MR) is 233 cm³/mol. The molecule has 0 aromatic rings. The van der Waals surface area contributed by atoms with E-state index in [4.69, 9.17) is 14.2 Å². The monoisotopic (exact) mass is 769 g/mol. The van der Waals surface area contributed by atoms with E-state index in [1.807, 2.05) is 0 Å². The van der Waals surface area contributed by atoms with Crippen molar-refractivity contribution < 1.29 is 28.6 Å². The lowest BCUT2D eigenvalue weighted by Crippen LogP contribution is -2.30. The van der Waals surface area contributed by atoms with Crippen LogP contribution in [0.5, 0.6) is 0 Å². The van der Waals surface area contributed by atoms with Crippen molar-refractivity contribution in [3.8, 4) is 0 Å². The van der Waals surface area contributed by atoms with Crippen molar-refractivity contribution in [3.05, 3.63) is 60.8 Å². The van der Waals surface area contributed by atoms with E-state index in [9.17, 15) is 14.4 Å². The van der Waals surface area contributed by atoms with Gasteiger partial charge < -0.3 is 14.2 Å². The van der Waals surface area contributed by atoms with Crippen LogP contribution in [0.15, 0.2) is 60.8 Å². The minimum absolute atomic E-state index is 0.0896. The van der Waals surface area contributed by atoms with E-state index in [1.54, 1.807) is 0 Å². The maximum Gasteiger partial charge on any atom is 0.306 e. The third-order valence-electron chi connectivity index (χ3n) is 9.54. The Morgan fingerprint density at radius 1 is 0.382 bits per heavy atom. The van der Waals surface area contributed by atoms with E-state index < -0.39 is 6.10 Å². The highest BCUT2D eigenvalue weighted by atomic mass is 16.6. The van der Waals surface area contributed by atoms with Crippen LogP contribution in [-0.2, 0) is 28.6 Å². The highest BCUT2D eigenvalue weighted by Crippen LogP contribution is 2.14. The zero-order valence-corrected chi connectivity index (χ0v) is 35.9. The molecule has 0 aliphatic heterocycles. The van der Waals surface area contributed by atoms with Crippen molar-refractivity contribution in [1.82, 2.24) is 0 Å². The molecule has 0 aromatic carbocycles. The van der Waals surface area contributed by atoms with Crippen LogP contribution in [0.2, 0.25) is 0 Å². The molecule has 1 atom stereocenters. The molecule has 0 amide bonds. The van der Waals surface area contributed by atoms with Crippen LogP contribution in [0.4, 0.5) is 0 Å². The molecule has 6 heteroatoms. The average molecular weight is 769 g/mol. The number of carbonyl (C=O) groups is 3. The number of unbranched alkanes of at least 4 members (excludes halogenated alkanes) is 19. The third-order valence-corrected chi connectivity index (χ3v) is 9.54. The summed E-state index contributed by atoms with van der Waals surface area (Å²) < 4.78 is 16.6. The van der Waals surface area contributed by atoms with Gasteiger partial charge in [-0.15, -0.1) is 0 Å². The molecule has 316 valence electrons. The van der Waals surface area contributed by atoms with E-state index in [-0.39, 0.29) is 37.5 Å². The summed E-state index contributed by atoms with van der Waals surface area (Å²) in [6.45, 7) is 6.43. The number of carbonyl (C=O) groups excluding carboxylic acids is 3. The topological polar surface area (TPSA) is 78.9 Å². The largest absolute Gasteiger partial charge is 0.462 e. The first-order chi connectivity index (χ1) is 27.0. The molecular formula is C49H84O6. The van der Waals surface area contributed by atoms with Crippen LogP contribution >= 0.6 is 0 Å². The number of rotatable bonds is 40. The van der Waals surface area contributed by atoms with Gasteiger partial charge in [0.05, 0.1) is 0 Å². The molecule has 0 aliphatic carbocycles. The lowest BCUT2D eigenvalue weighted by atomic mass is 10.1. The number of hydrogen-bond acceptors (Lipinski definition) is 6. The second-order valence-electron chi connectivity index (χ2n) is 14.9. The van der Waals surface area contributed by atoms with Crippen LogP contribution in [0.1, 0.15) is 213 Å². The number of esters is 3. The Bertz CT molecular complexity index is 1020. The Morgan fingerprint density at radius 3 is 1.11 bits per heavy atom. The molecule has 0 radical (unpaired) electrons. The van der Waals surface area contributed by atoms with Gasteiger partial charge in [0, 0.05) is 19.3 Å². The number of ether oxygens (including phenoxy) is 3. The summed E-state index contributed by atoms with van der Waals surface area (Å²) in [6.07, 6.45) is 52.1. The number of allylic oxidation sites excluding steroid dienone is 10. The highest BCUT2D eigenvalue weighted by molar-refractivity contribution is 5.71. The van der Waals surface area contributed by atoms with Gasteiger partial charge in [-0.1, -0.05) is 197 Å². The maximum atomic E-state index is 12.7. The summed E-state index contributed by atoms with van der Waals surface area (Å²) in [5.74, 6) is -0.955. The minimum atomic E-state index is -0.790. The molecule has 0 N–H and O–H groups in total. The van der Waals surface area contributed by atoms with Gasteiger partial charge in [0.2, 0.25) is 0 Å². The van der Waals surface area contributed by atoms with E-state index >= 15 is 0 Å². The molecule has 0 bridgehead atoms. The summed E-state index contributed by atoms with van der Waals surface area (Å²) in [6, 6.07) is 0. The lowest BCUT2D eigenvalue weighted by molar-refractivity contribution is -0.167. The fraction of sp³-hybridized carbons (Fsp3) is 0.735. The van der Waals surface area contributed by atoms with Crippen LogP contribution in [-0.4, -0.2) is 37.2 Å². The minimum Gasteiger partial charge on any atom is -0.462 e. The average Bonchev–Trinajstić information content (AvgIpc) is 3.18. The highest BCUT2D eigenvalue weighted by Gasteiger charge is 2.19. The molecule has 0 aromatic heterocycles. The van der Waals surface area contributed by atoms with Gasteiger partial charge in [0.25, 0.3) is 0 Å². The summed E-state index contributed by atoms with van der Waals surface area (Å²) >= 11 is 0. The molecule has 0 spiro atoms. The summed E-state index contributed by atoms with van der Waals surface area (Å²) in [5.41, 5.74) is 0. The third kappa shape index (κ3) is 42.1. The van der Waals surface area contributed by atoms with Crippen molar-refractivity contribution in [2.45, 2.75) is 219 Å². The molecule has 0 aliphatic rings. The van der Waals surface area contributed by atoms with Crippen molar-refractivity contribution in [2.75, 3.05) is 13.2 Å². The normalized spacial score (nSPS) is 12.6. The molecule has 0 fully saturated rings. The SMILES string of the molecule is CC/C=C\C/C=C\C/C=C\C/C=C\C/C=C\CCCC(=O)OC[C@@H](COC(=O)CCCCCCCCCCCC)OC(=O)CCCCCCCCCCCC. The van der Waals surface area contributed by atoms with Crippen molar-refractivity contribution in [2.24, 2.45) is 0 Å². The summed E-state index contributed by atoms with van der Waals surface area (Å²) in [4.78, 5) is 37.6. The molecule has 0 unspecified atom stereocenters. The van der Waals surface area contributed by atoms with Gasteiger partial charge in [-0.05, 0) is 57.8 Å². The van der Waals surface area contributed by atoms with Gasteiger partial charge in [-0.3, -0.25) is 14.4 Å². The maximum absolute atomic E-state index is 12.7. The number of hydrogen-bond donors (Lipinski definition) is 0. The molecule has 0 heterocycles. The second-order valence-corrected chi connectivity index (χ2v) is 14.9. The molecule has 0 rings (SSSR count). The first kappa shape index (κ1) is 52.1. The van der Waals surface area contributed by atoms with E-state index in [1.165, 1.54) is 89.9 Å². The van der Waals surface area contributed by atoms with Gasteiger partial charge in [0.1, 0.15) is 13.2 Å². The Morgan fingerprint density at radius 2 is 0.709 bits per heavy atom. The molecule has 0 saturated heterocycles. The van der Waals surface area contributed by atoms with Crippen LogP contribution in [0.3, 0.4) is 0 Å². The first-order valence-electron chi connectivity index (χ1n) is 22.8. The zero-order valence-electron chi connectivity index (χ0n) is 35.9. The van der Waals surface area contributed by atoms with Gasteiger partial charge >= 0.3 is 17.9 Å². The van der Waals surface area contributed by atoms with Crippen molar-refractivity contribution in [1.29, 1.82) is 0 Å².